The fourth-order valence-corrected chi connectivity index (χ4v) is 3.13. The number of hydrogen-bond donors (Lipinski definition) is 0. The van der Waals surface area contributed by atoms with Crippen LogP contribution in [0, 0.1) is 17.3 Å². The lowest BCUT2D eigenvalue weighted by Crippen LogP contribution is -2.24. The Kier molecular flexibility index (Phi) is 4.73. The highest BCUT2D eigenvalue weighted by Crippen LogP contribution is 2.42. The highest BCUT2D eigenvalue weighted by Gasteiger charge is 2.29. The van der Waals surface area contributed by atoms with Gasteiger partial charge in [-0.05, 0) is 60.6 Å². The molecule has 0 amide bonds. The van der Waals surface area contributed by atoms with Gasteiger partial charge in [0.1, 0.15) is 0 Å². The molecule has 104 valence electrons. The zero-order valence-corrected chi connectivity index (χ0v) is 13.1. The van der Waals surface area contributed by atoms with Crippen LogP contribution in [0.4, 0.5) is 0 Å². The summed E-state index contributed by atoms with van der Waals surface area (Å²) in [5, 5.41) is 0.806. The molecule has 19 heavy (non-hydrogen) atoms. The van der Waals surface area contributed by atoms with E-state index in [1.165, 1.54) is 31.2 Å². The molecule has 1 aliphatic carbocycles. The van der Waals surface area contributed by atoms with Gasteiger partial charge in [-0.3, -0.25) is 0 Å². The summed E-state index contributed by atoms with van der Waals surface area (Å²) in [6.45, 7) is 7.11. The highest BCUT2D eigenvalue weighted by atomic mass is 35.5. The second-order valence-electron chi connectivity index (χ2n) is 6.62. The lowest BCUT2D eigenvalue weighted by Gasteiger charge is -2.36. The summed E-state index contributed by atoms with van der Waals surface area (Å²) in [6, 6.07) is 8.09. The minimum atomic E-state index is 0.380. The van der Waals surface area contributed by atoms with E-state index in [1.807, 2.05) is 12.1 Å². The Morgan fingerprint density at radius 2 is 1.74 bits per heavy atom. The Morgan fingerprint density at radius 1 is 1.16 bits per heavy atom. The Labute approximate surface area is 122 Å². The van der Waals surface area contributed by atoms with Crippen LogP contribution in [0.3, 0.4) is 0 Å². The van der Waals surface area contributed by atoms with Gasteiger partial charge >= 0.3 is 0 Å². The van der Waals surface area contributed by atoms with E-state index in [0.717, 1.165) is 16.9 Å². The third-order valence-electron chi connectivity index (χ3n) is 4.66. The van der Waals surface area contributed by atoms with Crippen LogP contribution in [0.25, 0.3) is 6.08 Å². The fraction of sp³-hybridized carbons (Fsp3) is 0.556. The molecule has 0 heterocycles. The Hall–Kier alpha value is -0.750. The number of benzene rings is 1. The van der Waals surface area contributed by atoms with Gasteiger partial charge < -0.3 is 0 Å². The van der Waals surface area contributed by atoms with Crippen molar-refractivity contribution in [2.24, 2.45) is 17.3 Å². The van der Waals surface area contributed by atoms with Crippen molar-refractivity contribution < 1.29 is 0 Å². The smallest absolute Gasteiger partial charge is 0.0406 e. The van der Waals surface area contributed by atoms with Crippen molar-refractivity contribution in [3.63, 3.8) is 0 Å². The van der Waals surface area contributed by atoms with Crippen molar-refractivity contribution in [1.82, 2.24) is 0 Å². The molecule has 0 radical (unpaired) electrons. The molecule has 1 fully saturated rings. The van der Waals surface area contributed by atoms with Crippen LogP contribution in [0.1, 0.15) is 52.0 Å². The summed E-state index contributed by atoms with van der Waals surface area (Å²) in [5.74, 6) is 1.77. The van der Waals surface area contributed by atoms with E-state index >= 15 is 0 Å². The summed E-state index contributed by atoms with van der Waals surface area (Å²) >= 11 is 5.91. The quantitative estimate of drug-likeness (QED) is 0.616. The predicted molar refractivity (Wildman–Crippen MR) is 85.4 cm³/mol. The normalized spacial score (nSPS) is 28.2. The number of halogens is 1. The van der Waals surface area contributed by atoms with Gasteiger partial charge in [0.05, 0.1) is 0 Å². The van der Waals surface area contributed by atoms with Gasteiger partial charge in [-0.1, -0.05) is 56.7 Å². The molecule has 0 bridgehead atoms. The molecule has 0 N–H and O–H groups in total. The molecule has 0 saturated heterocycles. The van der Waals surface area contributed by atoms with Gasteiger partial charge in [0, 0.05) is 5.02 Å². The topological polar surface area (TPSA) is 0 Å². The molecular formula is C18H25Cl. The average Bonchev–Trinajstić information content (AvgIpc) is 2.39. The summed E-state index contributed by atoms with van der Waals surface area (Å²) in [5.41, 5.74) is 1.63. The molecule has 1 saturated carbocycles. The minimum Gasteiger partial charge on any atom is -0.0843 e. The zero-order valence-electron chi connectivity index (χ0n) is 12.3. The third kappa shape index (κ3) is 4.11. The maximum Gasteiger partial charge on any atom is 0.0406 e. The van der Waals surface area contributed by atoms with Crippen LogP contribution in [-0.4, -0.2) is 0 Å². The number of allylic oxidation sites excluding steroid dienone is 1. The van der Waals surface area contributed by atoms with Crippen molar-refractivity contribution in [3.8, 4) is 0 Å². The van der Waals surface area contributed by atoms with Crippen molar-refractivity contribution in [1.29, 1.82) is 0 Å². The minimum absolute atomic E-state index is 0.380. The van der Waals surface area contributed by atoms with E-state index in [9.17, 15) is 0 Å². The average molecular weight is 277 g/mol. The molecule has 0 unspecified atom stereocenters. The van der Waals surface area contributed by atoms with E-state index in [1.54, 1.807) is 0 Å². The van der Waals surface area contributed by atoms with Crippen LogP contribution < -0.4 is 0 Å². The van der Waals surface area contributed by atoms with Crippen molar-refractivity contribution >= 4 is 17.7 Å². The fourth-order valence-electron chi connectivity index (χ4n) is 3.00. The number of rotatable bonds is 3. The van der Waals surface area contributed by atoms with Gasteiger partial charge in [0.25, 0.3) is 0 Å². The van der Waals surface area contributed by atoms with E-state index in [-0.39, 0.29) is 0 Å². The molecule has 0 spiro atoms. The van der Waals surface area contributed by atoms with Gasteiger partial charge in [-0.2, -0.15) is 0 Å². The zero-order chi connectivity index (χ0) is 13.9. The van der Waals surface area contributed by atoms with Crippen LogP contribution in [0.2, 0.25) is 5.02 Å². The molecule has 2 rings (SSSR count). The van der Waals surface area contributed by atoms with Crippen molar-refractivity contribution in [3.05, 3.63) is 40.9 Å². The van der Waals surface area contributed by atoms with E-state index in [2.05, 4.69) is 45.1 Å². The largest absolute Gasteiger partial charge is 0.0843 e. The molecule has 1 aromatic carbocycles. The monoisotopic (exact) mass is 276 g/mol. The molecule has 0 aromatic heterocycles. The Balaban J connectivity index is 1.97. The molecule has 1 aromatic rings. The first-order valence-corrected chi connectivity index (χ1v) is 7.81. The van der Waals surface area contributed by atoms with Gasteiger partial charge in [-0.15, -0.1) is 0 Å². The number of hydrogen-bond acceptors (Lipinski definition) is 0. The molecule has 1 heteroatoms. The summed E-state index contributed by atoms with van der Waals surface area (Å²) < 4.78 is 0. The van der Waals surface area contributed by atoms with Crippen molar-refractivity contribution in [2.75, 3.05) is 0 Å². The Morgan fingerprint density at radius 3 is 2.26 bits per heavy atom. The first kappa shape index (κ1) is 14.7. The molecule has 1 aliphatic rings. The molecular weight excluding hydrogens is 252 g/mol. The maximum absolute atomic E-state index is 5.91. The Bertz CT molecular complexity index is 420. The van der Waals surface area contributed by atoms with E-state index in [4.69, 9.17) is 11.6 Å². The first-order valence-electron chi connectivity index (χ1n) is 7.43. The molecule has 0 aliphatic heterocycles. The van der Waals surface area contributed by atoms with Crippen molar-refractivity contribution in [2.45, 2.75) is 46.5 Å². The lowest BCUT2D eigenvalue weighted by molar-refractivity contribution is 0.185. The molecule has 0 atom stereocenters. The maximum atomic E-state index is 5.91. The molecule has 0 nitrogen and oxygen atoms in total. The van der Waals surface area contributed by atoms with Gasteiger partial charge in [0.2, 0.25) is 0 Å². The van der Waals surface area contributed by atoms with E-state index < -0.39 is 0 Å². The summed E-state index contributed by atoms with van der Waals surface area (Å²) in [7, 11) is 0. The first-order chi connectivity index (χ1) is 8.98. The predicted octanol–water partition coefficient (Wildman–Crippen LogP) is 6.21. The van der Waals surface area contributed by atoms with Crippen LogP contribution in [-0.2, 0) is 0 Å². The summed E-state index contributed by atoms with van der Waals surface area (Å²) in [4.78, 5) is 0. The SMILES string of the molecule is CC(C)C1CCC(C)(/C=C/c2ccc(Cl)cc2)CC1. The van der Waals surface area contributed by atoms with Gasteiger partial charge in [-0.25, -0.2) is 0 Å². The lowest BCUT2D eigenvalue weighted by atomic mass is 9.69. The van der Waals surface area contributed by atoms with Gasteiger partial charge in [0.15, 0.2) is 0 Å². The standard InChI is InChI=1S/C18H25Cl/c1-14(2)16-9-12-18(3,13-10-16)11-8-15-4-6-17(19)7-5-15/h4-8,11,14,16H,9-10,12-13H2,1-3H3/b11-8+. The highest BCUT2D eigenvalue weighted by molar-refractivity contribution is 6.30. The second kappa shape index (κ2) is 6.13. The van der Waals surface area contributed by atoms with E-state index in [0.29, 0.717) is 5.41 Å². The van der Waals surface area contributed by atoms with Crippen LogP contribution in [0.15, 0.2) is 30.3 Å². The summed E-state index contributed by atoms with van der Waals surface area (Å²) in [6.07, 6.45) is 10.1. The van der Waals surface area contributed by atoms with Crippen LogP contribution in [0.5, 0.6) is 0 Å². The third-order valence-corrected chi connectivity index (χ3v) is 4.92. The second-order valence-corrected chi connectivity index (χ2v) is 7.06. The van der Waals surface area contributed by atoms with Crippen LogP contribution >= 0.6 is 11.6 Å².